The molecule has 0 amide bonds. The van der Waals surface area contributed by atoms with Crippen molar-refractivity contribution < 1.29 is 0 Å². The van der Waals surface area contributed by atoms with Crippen molar-refractivity contribution in [3.63, 3.8) is 0 Å². The minimum atomic E-state index is -0.301. The third kappa shape index (κ3) is 4.21. The molecule has 0 bridgehead atoms. The largest absolute Gasteiger partial charge is 0.310 e. The molecule has 0 spiro atoms. The number of hydrogen-bond acceptors (Lipinski definition) is 1. The van der Waals surface area contributed by atoms with E-state index in [1.54, 1.807) is 0 Å². The lowest BCUT2D eigenvalue weighted by Gasteiger charge is -2.42. The van der Waals surface area contributed by atoms with Gasteiger partial charge in [-0.3, -0.25) is 0 Å². The highest BCUT2D eigenvalue weighted by molar-refractivity contribution is 6.10. The second-order valence-corrected chi connectivity index (χ2v) is 15.4. The Morgan fingerprint density at radius 3 is 1.70 bits per heavy atom. The van der Waals surface area contributed by atoms with Crippen LogP contribution < -0.4 is 4.90 Å². The Bertz CT molecular complexity index is 3150. The van der Waals surface area contributed by atoms with E-state index in [4.69, 9.17) is 0 Å². The molecule has 1 unspecified atom stereocenters. The van der Waals surface area contributed by atoms with Crippen LogP contribution in [0.1, 0.15) is 23.6 Å². The zero-order chi connectivity index (χ0) is 37.0. The lowest BCUT2D eigenvalue weighted by atomic mass is 9.70. The predicted octanol–water partition coefficient (Wildman–Crippen LogP) is 14.4. The van der Waals surface area contributed by atoms with Gasteiger partial charge in [0, 0.05) is 27.6 Å². The zero-order valence-electron chi connectivity index (χ0n) is 30.9. The first-order valence-electron chi connectivity index (χ1n) is 19.5. The van der Waals surface area contributed by atoms with Gasteiger partial charge in [0.05, 0.1) is 22.4 Å². The Hall–Kier alpha value is -7.16. The van der Waals surface area contributed by atoms with Gasteiger partial charge in [-0.25, -0.2) is 0 Å². The van der Waals surface area contributed by atoms with Crippen LogP contribution in [-0.4, -0.2) is 4.57 Å². The summed E-state index contributed by atoms with van der Waals surface area (Å²) in [6.45, 7) is 2.44. The number of nitrogens with zero attached hydrogens (tertiary/aromatic N) is 2. The van der Waals surface area contributed by atoms with Crippen molar-refractivity contribution >= 4 is 49.6 Å². The lowest BCUT2D eigenvalue weighted by molar-refractivity contribution is 0.701. The van der Waals surface area contributed by atoms with Gasteiger partial charge in [0.2, 0.25) is 0 Å². The molecular formula is C54H36N2. The topological polar surface area (TPSA) is 8.17 Å². The van der Waals surface area contributed by atoms with Gasteiger partial charge in [0.15, 0.2) is 0 Å². The number of hydrogen-bond donors (Lipinski definition) is 0. The monoisotopic (exact) mass is 712 g/mol. The van der Waals surface area contributed by atoms with Crippen molar-refractivity contribution in [2.24, 2.45) is 0 Å². The van der Waals surface area contributed by atoms with E-state index in [1.165, 1.54) is 94.0 Å². The minimum Gasteiger partial charge on any atom is -0.310 e. The number of rotatable bonds is 4. The Morgan fingerprint density at radius 1 is 0.393 bits per heavy atom. The quantitative estimate of drug-likeness (QED) is 0.176. The maximum absolute atomic E-state index is 2.52. The molecule has 0 saturated carbocycles. The van der Waals surface area contributed by atoms with E-state index < -0.39 is 0 Å². The summed E-state index contributed by atoms with van der Waals surface area (Å²) in [6.07, 6.45) is 0. The van der Waals surface area contributed by atoms with Crippen LogP contribution in [0, 0.1) is 0 Å². The average molecular weight is 713 g/mol. The fraction of sp³-hybridized carbons (Fsp3) is 0.0370. The molecule has 2 aliphatic rings. The van der Waals surface area contributed by atoms with Crippen molar-refractivity contribution in [3.05, 3.63) is 217 Å². The van der Waals surface area contributed by atoms with E-state index in [1.807, 2.05) is 0 Å². The molecule has 262 valence electrons. The summed E-state index contributed by atoms with van der Waals surface area (Å²) in [5.41, 5.74) is 18.5. The summed E-state index contributed by atoms with van der Waals surface area (Å²) in [7, 11) is 0. The molecule has 0 fully saturated rings. The number of anilines is 3. The molecule has 1 atom stereocenters. The maximum atomic E-state index is 2.52. The van der Waals surface area contributed by atoms with Crippen LogP contribution in [0.4, 0.5) is 17.1 Å². The van der Waals surface area contributed by atoms with E-state index in [0.29, 0.717) is 0 Å². The van der Waals surface area contributed by atoms with Gasteiger partial charge in [-0.1, -0.05) is 158 Å². The van der Waals surface area contributed by atoms with Gasteiger partial charge in [0.1, 0.15) is 0 Å². The van der Waals surface area contributed by atoms with E-state index in [2.05, 4.69) is 217 Å². The highest BCUT2D eigenvalue weighted by atomic mass is 15.2. The first-order chi connectivity index (χ1) is 27.7. The number of aromatic nitrogens is 1. The van der Waals surface area contributed by atoms with Crippen LogP contribution in [0.15, 0.2) is 200 Å². The molecule has 10 aromatic rings. The summed E-state index contributed by atoms with van der Waals surface area (Å²) >= 11 is 0. The third-order valence-electron chi connectivity index (χ3n) is 12.6. The molecule has 2 heterocycles. The molecule has 56 heavy (non-hydrogen) atoms. The average Bonchev–Trinajstić information content (AvgIpc) is 3.74. The Kier molecular flexibility index (Phi) is 6.50. The van der Waals surface area contributed by atoms with Crippen LogP contribution in [0.25, 0.3) is 71.6 Å². The smallest absolute Gasteiger partial charge is 0.0541 e. The molecule has 12 rings (SSSR count). The molecule has 2 heteroatoms. The van der Waals surface area contributed by atoms with E-state index >= 15 is 0 Å². The standard InChI is InChI=1S/C54H36N2/c1-54-46-24-8-5-18-42(46)45-23-13-27-50(53(45)54)55(51-34-39(32-33-47(51)54)56-48-25-9-6-19-43(48)44-20-7-10-26-49(44)56)38-30-28-36(29-31-38)41-22-12-17-37-16-11-21-40(52(37)41)35-14-3-2-4-15-35/h2-34H,1H3. The summed E-state index contributed by atoms with van der Waals surface area (Å²) in [5, 5.41) is 5.06. The van der Waals surface area contributed by atoms with Gasteiger partial charge < -0.3 is 9.47 Å². The summed E-state index contributed by atoms with van der Waals surface area (Å²) in [5.74, 6) is 0. The fourth-order valence-electron chi connectivity index (χ4n) is 10.2. The maximum Gasteiger partial charge on any atom is 0.0541 e. The fourth-order valence-corrected chi connectivity index (χ4v) is 10.2. The summed E-state index contributed by atoms with van der Waals surface area (Å²) in [4.78, 5) is 2.52. The second kappa shape index (κ2) is 11.7. The molecule has 1 aliphatic heterocycles. The van der Waals surface area contributed by atoms with Crippen molar-refractivity contribution in [1.82, 2.24) is 4.57 Å². The highest BCUT2D eigenvalue weighted by Gasteiger charge is 2.48. The third-order valence-corrected chi connectivity index (χ3v) is 12.6. The minimum absolute atomic E-state index is 0.301. The van der Waals surface area contributed by atoms with Gasteiger partial charge in [-0.05, 0) is 110 Å². The van der Waals surface area contributed by atoms with Crippen LogP contribution in [0.3, 0.4) is 0 Å². The predicted molar refractivity (Wildman–Crippen MR) is 235 cm³/mol. The van der Waals surface area contributed by atoms with Gasteiger partial charge >= 0.3 is 0 Å². The van der Waals surface area contributed by atoms with Crippen LogP contribution in [0.2, 0.25) is 0 Å². The highest BCUT2D eigenvalue weighted by Crippen LogP contribution is 2.62. The Morgan fingerprint density at radius 2 is 0.964 bits per heavy atom. The number of benzene rings is 9. The molecule has 0 saturated heterocycles. The van der Waals surface area contributed by atoms with Gasteiger partial charge in [-0.15, -0.1) is 0 Å². The van der Waals surface area contributed by atoms with Crippen molar-refractivity contribution in [2.45, 2.75) is 12.3 Å². The number of fused-ring (bicyclic) bond motifs is 9. The van der Waals surface area contributed by atoms with Crippen molar-refractivity contribution in [1.29, 1.82) is 0 Å². The van der Waals surface area contributed by atoms with Crippen molar-refractivity contribution in [2.75, 3.05) is 4.90 Å². The first kappa shape index (κ1) is 31.2. The van der Waals surface area contributed by atoms with Crippen LogP contribution >= 0.6 is 0 Å². The van der Waals surface area contributed by atoms with Gasteiger partial charge in [0.25, 0.3) is 0 Å². The normalized spacial score (nSPS) is 15.3. The van der Waals surface area contributed by atoms with E-state index in [0.717, 1.165) is 11.4 Å². The SMILES string of the molecule is CC12c3ccccc3-c3cccc(c31)N(c1ccc(-c3cccc4cccc(-c5ccccc5)c34)cc1)c1cc(-n3c4ccccc4c4ccccc43)ccc12. The lowest BCUT2D eigenvalue weighted by Crippen LogP contribution is -2.32. The first-order valence-corrected chi connectivity index (χ1v) is 19.5. The van der Waals surface area contributed by atoms with Crippen LogP contribution in [0.5, 0.6) is 0 Å². The summed E-state index contributed by atoms with van der Waals surface area (Å²) in [6, 6.07) is 74.0. The molecule has 9 aromatic carbocycles. The number of para-hydroxylation sites is 2. The van der Waals surface area contributed by atoms with Crippen molar-refractivity contribution in [3.8, 4) is 39.1 Å². The zero-order valence-corrected chi connectivity index (χ0v) is 30.9. The Labute approximate surface area is 326 Å². The van der Waals surface area contributed by atoms with E-state index in [-0.39, 0.29) is 5.41 Å². The van der Waals surface area contributed by atoms with E-state index in [9.17, 15) is 0 Å². The summed E-state index contributed by atoms with van der Waals surface area (Å²) < 4.78 is 2.44. The molecular weight excluding hydrogens is 677 g/mol. The molecule has 1 aromatic heterocycles. The van der Waals surface area contributed by atoms with Gasteiger partial charge in [-0.2, -0.15) is 0 Å². The van der Waals surface area contributed by atoms with Crippen LogP contribution in [-0.2, 0) is 5.41 Å². The molecule has 1 aliphatic carbocycles. The molecule has 2 nitrogen and oxygen atoms in total. The molecule has 0 radical (unpaired) electrons. The second-order valence-electron chi connectivity index (χ2n) is 15.4. The molecule has 0 N–H and O–H groups in total. The Balaban J connectivity index is 1.08.